The number of aromatic nitrogens is 5. The van der Waals surface area contributed by atoms with E-state index >= 15 is 0 Å². The fourth-order valence-corrected chi connectivity index (χ4v) is 8.21. The van der Waals surface area contributed by atoms with Gasteiger partial charge in [0.25, 0.3) is 0 Å². The lowest BCUT2D eigenvalue weighted by Gasteiger charge is -2.13. The van der Waals surface area contributed by atoms with Gasteiger partial charge in [-0.2, -0.15) is 0 Å². The number of imidazole rings is 2. The van der Waals surface area contributed by atoms with Crippen LogP contribution in [0.3, 0.4) is 0 Å². The number of fused-ring (bicyclic) bond motifs is 2. The van der Waals surface area contributed by atoms with Crippen molar-refractivity contribution in [2.45, 2.75) is 0 Å². The van der Waals surface area contributed by atoms with E-state index in [1.165, 1.54) is 11.1 Å². The van der Waals surface area contributed by atoms with E-state index in [4.69, 9.17) is 15.0 Å². The van der Waals surface area contributed by atoms with Crippen molar-refractivity contribution >= 4 is 11.3 Å². The maximum atomic E-state index is 5.34. The molecule has 5 aromatic heterocycles. The molecule has 0 spiro atoms. The summed E-state index contributed by atoms with van der Waals surface area (Å²) in [5.41, 5.74) is 18.7. The van der Waals surface area contributed by atoms with Crippen LogP contribution in [0, 0.1) is 0 Å². The van der Waals surface area contributed by atoms with Gasteiger partial charge >= 0.3 is 0 Å². The molecule has 0 saturated carbocycles. The first-order valence-corrected chi connectivity index (χ1v) is 20.2. The average Bonchev–Trinajstić information content (AvgIpc) is 3.92. The summed E-state index contributed by atoms with van der Waals surface area (Å²) in [6.45, 7) is 0. The van der Waals surface area contributed by atoms with Crippen LogP contribution in [0.25, 0.3) is 101 Å². The lowest BCUT2D eigenvalue weighted by molar-refractivity contribution is 1.19. The number of nitrogens with zero attached hydrogens (tertiary/aromatic N) is 5. The van der Waals surface area contributed by atoms with Crippen molar-refractivity contribution in [2.24, 2.45) is 0 Å². The van der Waals surface area contributed by atoms with Crippen molar-refractivity contribution in [3.63, 3.8) is 0 Å². The molecular formula is C55H37N5. The topological polar surface area (TPSA) is 47.5 Å². The monoisotopic (exact) mass is 767 g/mol. The second-order valence-corrected chi connectivity index (χ2v) is 14.9. The van der Waals surface area contributed by atoms with E-state index in [1.54, 1.807) is 0 Å². The Morgan fingerprint density at radius 2 is 0.583 bits per heavy atom. The molecular weight excluding hydrogens is 731 g/mol. The van der Waals surface area contributed by atoms with Gasteiger partial charge in [-0.15, -0.1) is 0 Å². The van der Waals surface area contributed by atoms with Crippen molar-refractivity contribution in [2.75, 3.05) is 0 Å². The third-order valence-electron chi connectivity index (χ3n) is 11.2. The summed E-state index contributed by atoms with van der Waals surface area (Å²) in [4.78, 5) is 15.5. The molecule has 60 heavy (non-hydrogen) atoms. The zero-order valence-electron chi connectivity index (χ0n) is 32.6. The van der Waals surface area contributed by atoms with E-state index in [0.29, 0.717) is 0 Å². The molecule has 11 aromatic rings. The van der Waals surface area contributed by atoms with E-state index < -0.39 is 0 Å². The standard InChI is InChI=1S/C55H37N5/c1-4-14-38(15-5-1)39-22-24-40(25-23-39)47-36-48(41-26-30-45(31-27-41)54-52(43-16-6-2-7-17-43)57-50-20-10-12-34-59(50)54)56-49(37-47)42-28-32-46(33-29-42)55-53(44-18-8-3-9-19-44)58-51-21-11-13-35-60(51)55/h1-37H. The highest BCUT2D eigenvalue weighted by Crippen LogP contribution is 2.38. The molecule has 0 N–H and O–H groups in total. The van der Waals surface area contributed by atoms with Crippen LogP contribution in [-0.4, -0.2) is 23.8 Å². The fraction of sp³-hybridized carbons (Fsp3) is 0. The molecule has 0 unspecified atom stereocenters. The van der Waals surface area contributed by atoms with Gasteiger partial charge in [0.1, 0.15) is 11.3 Å². The fourth-order valence-electron chi connectivity index (χ4n) is 8.21. The Bertz CT molecular complexity index is 3080. The van der Waals surface area contributed by atoms with E-state index in [1.807, 2.05) is 24.3 Å². The second kappa shape index (κ2) is 15.0. The second-order valence-electron chi connectivity index (χ2n) is 14.9. The number of rotatable bonds is 8. The maximum Gasteiger partial charge on any atom is 0.137 e. The minimum Gasteiger partial charge on any atom is -0.299 e. The number of pyridine rings is 3. The van der Waals surface area contributed by atoms with Gasteiger partial charge in [-0.3, -0.25) is 8.80 Å². The first-order valence-electron chi connectivity index (χ1n) is 20.2. The molecule has 0 aliphatic carbocycles. The van der Waals surface area contributed by atoms with Crippen molar-refractivity contribution in [1.82, 2.24) is 23.8 Å². The Morgan fingerprint density at radius 1 is 0.250 bits per heavy atom. The molecule has 0 amide bonds. The first kappa shape index (κ1) is 35.0. The molecule has 5 nitrogen and oxygen atoms in total. The van der Waals surface area contributed by atoms with Gasteiger partial charge in [0.15, 0.2) is 0 Å². The van der Waals surface area contributed by atoms with Gasteiger partial charge in [-0.25, -0.2) is 15.0 Å². The average molecular weight is 768 g/mol. The van der Waals surface area contributed by atoms with E-state index in [2.05, 4.69) is 209 Å². The minimum atomic E-state index is 0.903. The van der Waals surface area contributed by atoms with E-state index in [9.17, 15) is 0 Å². The lowest BCUT2D eigenvalue weighted by atomic mass is 9.96. The van der Waals surface area contributed by atoms with Gasteiger partial charge in [0.05, 0.1) is 34.2 Å². The smallest absolute Gasteiger partial charge is 0.137 e. The Kier molecular flexibility index (Phi) is 8.75. The van der Waals surface area contributed by atoms with Crippen LogP contribution in [0.5, 0.6) is 0 Å². The molecule has 0 fully saturated rings. The lowest BCUT2D eigenvalue weighted by Crippen LogP contribution is -1.93. The Morgan fingerprint density at radius 3 is 1.02 bits per heavy atom. The molecule has 6 aromatic carbocycles. The van der Waals surface area contributed by atoms with Gasteiger partial charge < -0.3 is 0 Å². The van der Waals surface area contributed by atoms with Crippen LogP contribution in [-0.2, 0) is 0 Å². The molecule has 0 atom stereocenters. The number of hydrogen-bond acceptors (Lipinski definition) is 3. The molecule has 0 radical (unpaired) electrons. The third kappa shape index (κ3) is 6.45. The summed E-state index contributed by atoms with van der Waals surface area (Å²) in [7, 11) is 0. The van der Waals surface area contributed by atoms with Crippen molar-refractivity contribution in [3.05, 3.63) is 225 Å². The van der Waals surface area contributed by atoms with Gasteiger partial charge in [0.2, 0.25) is 0 Å². The number of hydrogen-bond donors (Lipinski definition) is 0. The van der Waals surface area contributed by atoms with E-state index in [0.717, 1.165) is 90.0 Å². The quantitative estimate of drug-likeness (QED) is 0.155. The predicted octanol–water partition coefficient (Wildman–Crippen LogP) is 13.7. The first-order chi connectivity index (χ1) is 29.7. The summed E-state index contributed by atoms with van der Waals surface area (Å²) in [5, 5.41) is 0. The van der Waals surface area contributed by atoms with Gasteiger partial charge in [0, 0.05) is 45.8 Å². The highest BCUT2D eigenvalue weighted by Gasteiger charge is 2.18. The minimum absolute atomic E-state index is 0.903. The predicted molar refractivity (Wildman–Crippen MR) is 245 cm³/mol. The summed E-state index contributed by atoms with van der Waals surface area (Å²) < 4.78 is 4.35. The third-order valence-corrected chi connectivity index (χ3v) is 11.2. The van der Waals surface area contributed by atoms with Crippen molar-refractivity contribution < 1.29 is 0 Å². The molecule has 282 valence electrons. The molecule has 0 saturated heterocycles. The summed E-state index contributed by atoms with van der Waals surface area (Å²) in [6.07, 6.45) is 4.17. The van der Waals surface area contributed by atoms with Crippen LogP contribution in [0.4, 0.5) is 0 Å². The zero-order valence-corrected chi connectivity index (χ0v) is 32.6. The molecule has 0 aliphatic rings. The highest BCUT2D eigenvalue weighted by molar-refractivity contribution is 5.86. The Hall–Kier alpha value is -8.15. The molecule has 11 rings (SSSR count). The van der Waals surface area contributed by atoms with E-state index in [-0.39, 0.29) is 0 Å². The van der Waals surface area contributed by atoms with Crippen molar-refractivity contribution in [3.8, 4) is 89.8 Å². The summed E-state index contributed by atoms with van der Waals surface area (Å²) in [6, 6.07) is 74.3. The van der Waals surface area contributed by atoms with Crippen LogP contribution >= 0.6 is 0 Å². The zero-order chi connectivity index (χ0) is 39.8. The highest BCUT2D eigenvalue weighted by atomic mass is 15.0. The molecule has 5 heterocycles. The van der Waals surface area contributed by atoms with Crippen LogP contribution in [0.15, 0.2) is 225 Å². The summed E-state index contributed by atoms with van der Waals surface area (Å²) >= 11 is 0. The van der Waals surface area contributed by atoms with Crippen LogP contribution in [0.2, 0.25) is 0 Å². The molecule has 5 heteroatoms. The largest absolute Gasteiger partial charge is 0.299 e. The Labute approximate surface area is 348 Å². The van der Waals surface area contributed by atoms with Gasteiger partial charge in [-0.1, -0.05) is 176 Å². The van der Waals surface area contributed by atoms with Crippen LogP contribution in [0.1, 0.15) is 0 Å². The van der Waals surface area contributed by atoms with Gasteiger partial charge in [-0.05, 0) is 58.7 Å². The normalized spacial score (nSPS) is 11.3. The van der Waals surface area contributed by atoms with Crippen molar-refractivity contribution in [1.29, 1.82) is 0 Å². The SMILES string of the molecule is c1ccc(-c2ccc(-c3cc(-c4ccc(-c5c(-c6ccccc6)nc6ccccn56)cc4)nc(-c4ccc(-c5c(-c6ccccc6)nc6ccccn56)cc4)c3)cc2)cc1. The molecule has 0 aliphatic heterocycles. The van der Waals surface area contributed by atoms with Crippen LogP contribution < -0.4 is 0 Å². The maximum absolute atomic E-state index is 5.34. The number of benzene rings is 6. The summed E-state index contributed by atoms with van der Waals surface area (Å²) in [5.74, 6) is 0. The molecule has 0 bridgehead atoms. The Balaban J connectivity index is 1.01.